The summed E-state index contributed by atoms with van der Waals surface area (Å²) in [4.78, 5) is 21.6. The summed E-state index contributed by atoms with van der Waals surface area (Å²) in [5.41, 5.74) is 2.98. The molecule has 2 bridgehead atoms. The number of hydrogen-bond acceptors (Lipinski definition) is 8. The first-order valence-electron chi connectivity index (χ1n) is 21.1. The fourth-order valence-electron chi connectivity index (χ4n) is 10.1. The van der Waals surface area contributed by atoms with Crippen molar-refractivity contribution in [1.82, 2.24) is 14.5 Å². The van der Waals surface area contributed by atoms with E-state index in [1.807, 2.05) is 24.3 Å². The molecular weight excluding hydrogens is 732 g/mol. The number of nitrogens with one attached hydrogen (secondary N) is 1. The minimum absolute atomic E-state index is 0.0678. The molecule has 1 amide bonds. The predicted molar refractivity (Wildman–Crippen MR) is 219 cm³/mol. The maximum absolute atomic E-state index is 13.9. The van der Waals surface area contributed by atoms with Crippen molar-refractivity contribution in [2.45, 2.75) is 108 Å². The van der Waals surface area contributed by atoms with Crippen molar-refractivity contribution in [1.29, 1.82) is 0 Å². The van der Waals surface area contributed by atoms with Crippen LogP contribution >= 0.6 is 11.6 Å². The third kappa shape index (κ3) is 8.23. The van der Waals surface area contributed by atoms with Gasteiger partial charge in [-0.3, -0.25) is 14.6 Å². The van der Waals surface area contributed by atoms with Crippen LogP contribution in [0.3, 0.4) is 0 Å². The monoisotopic (exact) mass is 792 g/mol. The number of carbonyl (C=O) groups is 1. The lowest BCUT2D eigenvalue weighted by Crippen LogP contribution is -2.61. The first kappa shape index (κ1) is 39.2. The maximum atomic E-state index is 13.9. The zero-order valence-electron chi connectivity index (χ0n) is 33.1. The van der Waals surface area contributed by atoms with Crippen LogP contribution < -0.4 is 14.4 Å². The standard InChI is InChI=1S/C44H61ClN4O5S/c1-31(2)28-54-44(30-47-21-22-48-19-7-5-11-38(48)27-47)18-8-10-36-25-43(36,3)55(51,52)46-42(50)33-14-17-41-40(24-33)49(26-34-13-16-39(34)44)20-6-4-9-32-23-37(45)15-12-35(32)29-53-41/h8,12,14-15,17-18,23-24,31,34,36,38-39H,4-7,9-11,13,16,19-22,25-30H2,1-3H3,(H,46,50)/b18-8+/t34-,36+,38+,39+,43+,44-/m0/s1. The van der Waals surface area contributed by atoms with E-state index in [0.29, 0.717) is 61.2 Å². The van der Waals surface area contributed by atoms with Gasteiger partial charge >= 0.3 is 0 Å². The minimum Gasteiger partial charge on any atom is -0.487 e. The van der Waals surface area contributed by atoms with Crippen molar-refractivity contribution < 1.29 is 22.7 Å². The Morgan fingerprint density at radius 2 is 1.84 bits per heavy atom. The summed E-state index contributed by atoms with van der Waals surface area (Å²) in [5, 5.41) is 0.727. The summed E-state index contributed by atoms with van der Waals surface area (Å²) in [6.45, 7) is 14.2. The van der Waals surface area contributed by atoms with Crippen LogP contribution in [0.4, 0.5) is 5.69 Å². The van der Waals surface area contributed by atoms with Gasteiger partial charge in [-0.25, -0.2) is 13.1 Å². The van der Waals surface area contributed by atoms with E-state index in [2.05, 4.69) is 51.5 Å². The highest BCUT2D eigenvalue weighted by Gasteiger charge is 2.60. The molecule has 0 aromatic heterocycles. The van der Waals surface area contributed by atoms with E-state index in [1.165, 1.54) is 31.4 Å². The van der Waals surface area contributed by atoms with E-state index >= 15 is 0 Å². The number of carbonyl (C=O) groups excluding carboxylic acids is 1. The Morgan fingerprint density at radius 1 is 0.982 bits per heavy atom. The molecule has 2 aromatic rings. The van der Waals surface area contributed by atoms with Gasteiger partial charge in [0.25, 0.3) is 5.91 Å². The van der Waals surface area contributed by atoms with E-state index in [9.17, 15) is 13.2 Å². The molecule has 8 rings (SSSR count). The molecule has 0 spiro atoms. The molecule has 2 aliphatic carbocycles. The number of aryl methyl sites for hydroxylation is 1. The molecule has 55 heavy (non-hydrogen) atoms. The number of rotatable bonds is 5. The highest BCUT2D eigenvalue weighted by atomic mass is 35.5. The summed E-state index contributed by atoms with van der Waals surface area (Å²) in [5.74, 6) is 1.09. The molecule has 6 aliphatic rings. The number of sulfonamides is 1. The summed E-state index contributed by atoms with van der Waals surface area (Å²) < 4.78 is 43.1. The fraction of sp³-hybridized carbons (Fsp3) is 0.659. The predicted octanol–water partition coefficient (Wildman–Crippen LogP) is 7.47. The molecule has 300 valence electrons. The van der Waals surface area contributed by atoms with Gasteiger partial charge in [-0.15, -0.1) is 0 Å². The molecule has 4 aliphatic heterocycles. The quantitative estimate of drug-likeness (QED) is 0.312. The number of hydrogen-bond donors (Lipinski definition) is 1. The van der Waals surface area contributed by atoms with Crippen LogP contribution in [0.2, 0.25) is 5.02 Å². The smallest absolute Gasteiger partial charge is 0.264 e. The van der Waals surface area contributed by atoms with Crippen molar-refractivity contribution in [3.05, 3.63) is 70.3 Å². The average molecular weight is 794 g/mol. The largest absolute Gasteiger partial charge is 0.487 e. The van der Waals surface area contributed by atoms with Crippen molar-refractivity contribution >= 4 is 33.2 Å². The minimum atomic E-state index is -3.94. The van der Waals surface area contributed by atoms with Crippen molar-refractivity contribution in [3.63, 3.8) is 0 Å². The van der Waals surface area contributed by atoms with Gasteiger partial charge in [0.15, 0.2) is 0 Å². The van der Waals surface area contributed by atoms with Crippen LogP contribution in [-0.4, -0.2) is 92.9 Å². The van der Waals surface area contributed by atoms with E-state index < -0.39 is 26.3 Å². The Bertz CT molecular complexity index is 1870. The molecule has 2 saturated heterocycles. The first-order chi connectivity index (χ1) is 26.4. The number of piperidine rings is 1. The van der Waals surface area contributed by atoms with Crippen LogP contribution in [-0.2, 0) is 27.8 Å². The molecule has 1 N–H and O–H groups in total. The summed E-state index contributed by atoms with van der Waals surface area (Å²) in [6.07, 6.45) is 14.7. The van der Waals surface area contributed by atoms with Gasteiger partial charge < -0.3 is 14.4 Å². The topological polar surface area (TPSA) is 91.4 Å². The Labute approximate surface area is 334 Å². The second-order valence-corrected chi connectivity index (χ2v) is 20.7. The molecule has 0 unspecified atom stereocenters. The number of nitrogens with zero attached hydrogens (tertiary/aromatic N) is 3. The summed E-state index contributed by atoms with van der Waals surface area (Å²) in [7, 11) is -3.94. The normalized spacial score (nSPS) is 33.3. The number of halogens is 1. The number of benzene rings is 2. The zero-order chi connectivity index (χ0) is 38.4. The Balaban J connectivity index is 1.17. The van der Waals surface area contributed by atoms with Crippen LogP contribution in [0.15, 0.2) is 48.6 Å². The number of anilines is 1. The molecule has 4 heterocycles. The van der Waals surface area contributed by atoms with Gasteiger partial charge in [0.2, 0.25) is 10.0 Å². The number of allylic oxidation sites excluding steroid dienone is 1. The highest BCUT2D eigenvalue weighted by molar-refractivity contribution is 7.91. The number of fused-ring (bicyclic) bond motifs is 5. The second kappa shape index (κ2) is 16.0. The highest BCUT2D eigenvalue weighted by Crippen LogP contribution is 2.53. The SMILES string of the molecule is CC(C)CO[C@]1(CN2CCN3CCCC[C@@H]3C2)/C=C/C[C@@H]2C[C@@]2(C)S(=O)(=O)NC(=O)c2ccc3c(c2)N(CCCCc2cc(Cl)ccc2CO3)C[C@@H]2CC[C@H]21. The lowest BCUT2D eigenvalue weighted by molar-refractivity contribution is -0.125. The van der Waals surface area contributed by atoms with Crippen LogP contribution in [0.5, 0.6) is 5.75 Å². The maximum Gasteiger partial charge on any atom is 0.264 e. The third-order valence-corrected chi connectivity index (χ3v) is 16.2. The second-order valence-electron chi connectivity index (χ2n) is 18.1. The fourth-order valence-corrected chi connectivity index (χ4v) is 11.9. The number of piperazine rings is 1. The molecule has 0 radical (unpaired) electrons. The van der Waals surface area contributed by atoms with Gasteiger partial charge in [-0.05, 0) is 136 Å². The van der Waals surface area contributed by atoms with E-state index in [1.54, 1.807) is 13.0 Å². The lowest BCUT2D eigenvalue weighted by Gasteiger charge is -2.53. The van der Waals surface area contributed by atoms with Crippen molar-refractivity contribution in [2.24, 2.45) is 23.7 Å². The molecule has 9 nitrogen and oxygen atoms in total. The van der Waals surface area contributed by atoms with Gasteiger partial charge in [0, 0.05) is 55.9 Å². The van der Waals surface area contributed by atoms with Crippen LogP contribution in [0, 0.1) is 23.7 Å². The Hall–Kier alpha value is -2.63. The Kier molecular flexibility index (Phi) is 11.4. The van der Waals surface area contributed by atoms with E-state index in [4.69, 9.17) is 21.1 Å². The number of amides is 1. The van der Waals surface area contributed by atoms with Crippen molar-refractivity contribution in [2.75, 3.05) is 57.3 Å². The van der Waals surface area contributed by atoms with Crippen LogP contribution in [0.1, 0.15) is 100 Å². The average Bonchev–Trinajstić information content (AvgIpc) is 3.83. The van der Waals surface area contributed by atoms with Crippen LogP contribution in [0.25, 0.3) is 0 Å². The Morgan fingerprint density at radius 3 is 2.65 bits per heavy atom. The summed E-state index contributed by atoms with van der Waals surface area (Å²) >= 11 is 6.44. The lowest BCUT2D eigenvalue weighted by atomic mass is 9.63. The summed E-state index contributed by atoms with van der Waals surface area (Å²) in [6, 6.07) is 12.0. The van der Waals surface area contributed by atoms with Gasteiger partial charge in [0.1, 0.15) is 18.0 Å². The molecule has 6 atom stereocenters. The molecule has 2 saturated carbocycles. The van der Waals surface area contributed by atoms with E-state index in [-0.39, 0.29) is 5.92 Å². The molecule has 4 fully saturated rings. The van der Waals surface area contributed by atoms with Gasteiger partial charge in [0.05, 0.1) is 17.0 Å². The van der Waals surface area contributed by atoms with Crippen molar-refractivity contribution in [3.8, 4) is 5.75 Å². The zero-order valence-corrected chi connectivity index (χ0v) is 34.7. The first-order valence-corrected chi connectivity index (χ1v) is 22.9. The van der Waals surface area contributed by atoms with Gasteiger partial charge in [-0.2, -0.15) is 0 Å². The molecular formula is C44H61ClN4O5S. The van der Waals surface area contributed by atoms with Gasteiger partial charge in [-0.1, -0.05) is 50.1 Å². The van der Waals surface area contributed by atoms with E-state index in [0.717, 1.165) is 87.6 Å². The molecule has 11 heteroatoms. The third-order valence-electron chi connectivity index (χ3n) is 13.8. The number of ether oxygens (including phenoxy) is 2. The molecule has 2 aromatic carbocycles.